The number of hydrogen-bond acceptors (Lipinski definition) is 5. The Bertz CT molecular complexity index is 812. The summed E-state index contributed by atoms with van der Waals surface area (Å²) in [6.45, 7) is 3.18. The Morgan fingerprint density at radius 1 is 1.27 bits per heavy atom. The summed E-state index contributed by atoms with van der Waals surface area (Å²) in [7, 11) is -3.14. The van der Waals surface area contributed by atoms with E-state index in [4.69, 9.17) is 4.74 Å². The summed E-state index contributed by atoms with van der Waals surface area (Å²) in [6, 6.07) is 11.8. The van der Waals surface area contributed by atoms with Crippen LogP contribution in [0.2, 0.25) is 0 Å². The van der Waals surface area contributed by atoms with Crippen molar-refractivity contribution < 1.29 is 13.2 Å². The molecule has 1 atom stereocenters. The lowest BCUT2D eigenvalue weighted by atomic mass is 9.98. The normalized spacial score (nSPS) is 18.6. The molecule has 0 amide bonds. The second-order valence-corrected chi connectivity index (χ2v) is 8.60. The quantitative estimate of drug-likeness (QED) is 0.805. The van der Waals surface area contributed by atoms with Crippen LogP contribution in [-0.2, 0) is 16.6 Å². The summed E-state index contributed by atoms with van der Waals surface area (Å²) in [5.74, 6) is 1.88. The van der Waals surface area contributed by atoms with Crippen molar-refractivity contribution in [2.75, 3.05) is 25.9 Å². The number of pyridine rings is 1. The Balaban J connectivity index is 1.63. The Kier molecular flexibility index (Phi) is 6.24. The van der Waals surface area contributed by atoms with Crippen molar-refractivity contribution in [3.8, 4) is 11.5 Å². The van der Waals surface area contributed by atoms with Gasteiger partial charge in [-0.25, -0.2) is 13.1 Å². The van der Waals surface area contributed by atoms with Crippen LogP contribution in [0.3, 0.4) is 0 Å². The van der Waals surface area contributed by atoms with Crippen LogP contribution in [0.5, 0.6) is 11.5 Å². The summed E-state index contributed by atoms with van der Waals surface area (Å²) in [5, 5.41) is 0. The molecular formula is C19H25N3O3S. The zero-order chi connectivity index (χ0) is 18.4. The number of nitrogens with zero attached hydrogens (tertiary/aromatic N) is 2. The topological polar surface area (TPSA) is 71.5 Å². The van der Waals surface area contributed by atoms with Crippen LogP contribution >= 0.6 is 0 Å². The van der Waals surface area contributed by atoms with E-state index >= 15 is 0 Å². The predicted octanol–water partition coefficient (Wildman–Crippen LogP) is 2.64. The van der Waals surface area contributed by atoms with E-state index in [0.29, 0.717) is 18.2 Å². The molecule has 1 aliphatic rings. The van der Waals surface area contributed by atoms with Gasteiger partial charge in [-0.05, 0) is 43.5 Å². The van der Waals surface area contributed by atoms with E-state index in [2.05, 4.69) is 20.7 Å². The number of benzene rings is 1. The molecule has 0 bridgehead atoms. The van der Waals surface area contributed by atoms with Crippen LogP contribution in [0.4, 0.5) is 0 Å². The van der Waals surface area contributed by atoms with Crippen molar-refractivity contribution >= 4 is 10.0 Å². The monoisotopic (exact) mass is 375 g/mol. The Morgan fingerprint density at radius 2 is 2.12 bits per heavy atom. The number of rotatable bonds is 7. The highest BCUT2D eigenvalue weighted by Gasteiger charge is 2.21. The van der Waals surface area contributed by atoms with Gasteiger partial charge < -0.3 is 4.74 Å². The maximum atomic E-state index is 11.3. The molecule has 1 aliphatic heterocycles. The molecule has 2 heterocycles. The molecule has 26 heavy (non-hydrogen) atoms. The molecule has 1 saturated heterocycles. The third kappa shape index (κ3) is 5.79. The van der Waals surface area contributed by atoms with E-state index in [1.165, 1.54) is 6.26 Å². The zero-order valence-corrected chi connectivity index (χ0v) is 15.8. The molecular weight excluding hydrogens is 350 g/mol. The lowest BCUT2D eigenvalue weighted by molar-refractivity contribution is 0.167. The molecule has 1 fully saturated rings. The van der Waals surface area contributed by atoms with Gasteiger partial charge in [0.25, 0.3) is 0 Å². The Labute approximate surface area is 155 Å². The average molecular weight is 375 g/mol. The fraction of sp³-hybridized carbons (Fsp3) is 0.421. The number of aromatic nitrogens is 1. The predicted molar refractivity (Wildman–Crippen MR) is 102 cm³/mol. The van der Waals surface area contributed by atoms with Gasteiger partial charge in [-0.15, -0.1) is 0 Å². The highest BCUT2D eigenvalue weighted by molar-refractivity contribution is 7.88. The van der Waals surface area contributed by atoms with Crippen LogP contribution < -0.4 is 9.46 Å². The molecule has 3 rings (SSSR count). The van der Waals surface area contributed by atoms with Gasteiger partial charge in [-0.1, -0.05) is 18.2 Å². The van der Waals surface area contributed by atoms with Crippen LogP contribution in [-0.4, -0.2) is 44.2 Å². The van der Waals surface area contributed by atoms with E-state index in [1.54, 1.807) is 12.4 Å². The smallest absolute Gasteiger partial charge is 0.208 e. The van der Waals surface area contributed by atoms with Crippen molar-refractivity contribution in [2.24, 2.45) is 5.92 Å². The number of nitrogens with one attached hydrogen (secondary N) is 1. The highest BCUT2D eigenvalue weighted by atomic mass is 32.2. The first kappa shape index (κ1) is 18.8. The van der Waals surface area contributed by atoms with Crippen molar-refractivity contribution in [3.05, 3.63) is 54.4 Å². The second-order valence-electron chi connectivity index (χ2n) is 6.76. The lowest BCUT2D eigenvalue weighted by Gasteiger charge is -2.33. The molecule has 140 valence electrons. The highest BCUT2D eigenvalue weighted by Crippen LogP contribution is 2.27. The molecule has 7 heteroatoms. The van der Waals surface area contributed by atoms with E-state index in [-0.39, 0.29) is 0 Å². The minimum absolute atomic E-state index is 0.338. The van der Waals surface area contributed by atoms with Crippen molar-refractivity contribution in [2.45, 2.75) is 19.4 Å². The number of sulfonamides is 1. The van der Waals surface area contributed by atoms with E-state index < -0.39 is 10.0 Å². The number of para-hydroxylation sites is 1. The first-order valence-electron chi connectivity index (χ1n) is 8.82. The fourth-order valence-electron chi connectivity index (χ4n) is 3.24. The third-order valence-corrected chi connectivity index (χ3v) is 5.16. The van der Waals surface area contributed by atoms with Gasteiger partial charge in [0.2, 0.25) is 10.0 Å². The minimum atomic E-state index is -3.14. The van der Waals surface area contributed by atoms with E-state index in [1.807, 2.05) is 30.3 Å². The Hall–Kier alpha value is -1.96. The van der Waals surface area contributed by atoms with Gasteiger partial charge in [0.1, 0.15) is 11.5 Å². The van der Waals surface area contributed by atoms with Crippen LogP contribution in [0.25, 0.3) is 0 Å². The van der Waals surface area contributed by atoms with Gasteiger partial charge in [-0.3, -0.25) is 9.88 Å². The molecule has 1 N–H and O–H groups in total. The summed E-state index contributed by atoms with van der Waals surface area (Å²) in [5.41, 5.74) is 1.12. The second kappa shape index (κ2) is 8.62. The van der Waals surface area contributed by atoms with Gasteiger partial charge >= 0.3 is 0 Å². The zero-order valence-electron chi connectivity index (χ0n) is 15.0. The molecule has 0 saturated carbocycles. The average Bonchev–Trinajstić information content (AvgIpc) is 2.62. The number of ether oxygens (including phenoxy) is 1. The minimum Gasteiger partial charge on any atom is -0.455 e. The first-order valence-corrected chi connectivity index (χ1v) is 10.7. The molecule has 1 aromatic heterocycles. The molecule has 2 aromatic rings. The molecule has 0 radical (unpaired) electrons. The maximum absolute atomic E-state index is 11.3. The van der Waals surface area contributed by atoms with Gasteiger partial charge in [0.05, 0.1) is 12.5 Å². The molecule has 0 aliphatic carbocycles. The third-order valence-electron chi connectivity index (χ3n) is 4.47. The maximum Gasteiger partial charge on any atom is 0.208 e. The van der Waals surface area contributed by atoms with Crippen LogP contribution in [0, 0.1) is 5.92 Å². The number of hydrogen-bond donors (Lipinski definition) is 1. The Morgan fingerprint density at radius 3 is 2.88 bits per heavy atom. The standard InChI is InChI=1S/C19H25N3O3S/c1-26(23,24)21-12-16-6-5-11-22(14-16)15-17-7-2-3-9-19(17)25-18-8-4-10-20-13-18/h2-4,7-10,13,16,21H,5-6,11-12,14-15H2,1H3/t16-/m0/s1. The summed E-state index contributed by atoms with van der Waals surface area (Å²) in [6.07, 6.45) is 6.75. The summed E-state index contributed by atoms with van der Waals surface area (Å²) >= 11 is 0. The molecule has 6 nitrogen and oxygen atoms in total. The number of likely N-dealkylation sites (tertiary alicyclic amines) is 1. The summed E-state index contributed by atoms with van der Waals surface area (Å²) in [4.78, 5) is 6.45. The molecule has 1 aromatic carbocycles. The van der Waals surface area contributed by atoms with Crippen molar-refractivity contribution in [1.29, 1.82) is 0 Å². The van der Waals surface area contributed by atoms with Crippen LogP contribution in [0.15, 0.2) is 48.8 Å². The summed E-state index contributed by atoms with van der Waals surface area (Å²) < 4.78 is 31.3. The van der Waals surface area contributed by atoms with E-state index in [9.17, 15) is 8.42 Å². The molecule has 0 spiro atoms. The van der Waals surface area contributed by atoms with E-state index in [0.717, 1.165) is 43.8 Å². The fourth-order valence-corrected chi connectivity index (χ4v) is 3.78. The largest absolute Gasteiger partial charge is 0.455 e. The first-order chi connectivity index (χ1) is 12.5. The van der Waals surface area contributed by atoms with Crippen molar-refractivity contribution in [3.63, 3.8) is 0 Å². The van der Waals surface area contributed by atoms with Gasteiger partial charge in [-0.2, -0.15) is 0 Å². The van der Waals surface area contributed by atoms with Crippen molar-refractivity contribution in [1.82, 2.24) is 14.6 Å². The number of piperidine rings is 1. The lowest BCUT2D eigenvalue weighted by Crippen LogP contribution is -2.40. The van der Waals surface area contributed by atoms with Crippen LogP contribution in [0.1, 0.15) is 18.4 Å². The van der Waals surface area contributed by atoms with Gasteiger partial charge in [0.15, 0.2) is 0 Å². The SMILES string of the molecule is CS(=O)(=O)NC[C@@H]1CCCN(Cc2ccccc2Oc2cccnc2)C1. The van der Waals surface area contributed by atoms with Gasteiger partial charge in [0, 0.05) is 31.4 Å². The molecule has 0 unspecified atom stereocenters.